The molecule has 1 aliphatic rings. The predicted molar refractivity (Wildman–Crippen MR) is 149 cm³/mol. The number of benzene rings is 1. The smallest absolute Gasteiger partial charge is 0.267 e. The molecule has 0 atom stereocenters. The minimum atomic E-state index is -2.02. The van der Waals surface area contributed by atoms with Gasteiger partial charge in [-0.3, -0.25) is 4.79 Å². The second kappa shape index (κ2) is 11.3. The number of aromatic nitrogens is 3. The fourth-order valence-electron chi connectivity index (χ4n) is 4.11. The lowest BCUT2D eigenvalue weighted by Crippen LogP contribution is -2.48. The third kappa shape index (κ3) is 7.10. The summed E-state index contributed by atoms with van der Waals surface area (Å²) in [6.07, 6.45) is 2.14. The summed E-state index contributed by atoms with van der Waals surface area (Å²) in [7, 11) is -2.02. The highest BCUT2D eigenvalue weighted by molar-refractivity contribution is 7.13. The van der Waals surface area contributed by atoms with E-state index in [2.05, 4.69) is 30.1 Å². The SMILES string of the molecule is Cc1nc(Cc2ncc(C(=O)Nc3c(C)cccc3Cl)s2)cc(N2CCN(CC[Si](C)(C)O)CC2)n1. The van der Waals surface area contributed by atoms with Gasteiger partial charge in [0.25, 0.3) is 5.91 Å². The average molecular weight is 545 g/mol. The maximum absolute atomic E-state index is 12.8. The van der Waals surface area contributed by atoms with Gasteiger partial charge in [-0.05, 0) is 51.2 Å². The molecule has 1 aliphatic heterocycles. The number of aryl methyl sites for hydroxylation is 2. The number of thiazole rings is 1. The Balaban J connectivity index is 1.38. The van der Waals surface area contributed by atoms with Crippen molar-refractivity contribution in [3.8, 4) is 0 Å². The fraction of sp³-hybridized carbons (Fsp3) is 0.440. The van der Waals surface area contributed by atoms with Crippen molar-refractivity contribution in [2.24, 2.45) is 0 Å². The Kier molecular flexibility index (Phi) is 8.41. The summed E-state index contributed by atoms with van der Waals surface area (Å²) < 4.78 is 0. The molecule has 36 heavy (non-hydrogen) atoms. The van der Waals surface area contributed by atoms with E-state index in [1.165, 1.54) is 11.3 Å². The summed E-state index contributed by atoms with van der Waals surface area (Å²) in [5.41, 5.74) is 2.41. The van der Waals surface area contributed by atoms with Crippen LogP contribution in [-0.4, -0.2) is 71.6 Å². The summed E-state index contributed by atoms with van der Waals surface area (Å²) >= 11 is 7.61. The van der Waals surface area contributed by atoms with Crippen LogP contribution in [0.15, 0.2) is 30.5 Å². The second-order valence-corrected chi connectivity index (χ2v) is 15.5. The van der Waals surface area contributed by atoms with E-state index in [-0.39, 0.29) is 5.91 Å². The van der Waals surface area contributed by atoms with Crippen LogP contribution in [0.25, 0.3) is 0 Å². The van der Waals surface area contributed by atoms with Crippen molar-refractivity contribution in [3.05, 3.63) is 62.5 Å². The van der Waals surface area contributed by atoms with Crippen LogP contribution in [0.1, 0.15) is 31.8 Å². The second-order valence-electron chi connectivity index (χ2n) is 9.84. The molecular weight excluding hydrogens is 512 g/mol. The Morgan fingerprint density at radius 2 is 1.94 bits per heavy atom. The minimum absolute atomic E-state index is 0.223. The van der Waals surface area contributed by atoms with E-state index in [0.29, 0.717) is 22.0 Å². The number of amides is 1. The van der Waals surface area contributed by atoms with Gasteiger partial charge >= 0.3 is 0 Å². The van der Waals surface area contributed by atoms with Crippen molar-refractivity contribution < 1.29 is 9.59 Å². The molecule has 192 valence electrons. The zero-order chi connectivity index (χ0) is 25.9. The van der Waals surface area contributed by atoms with Crippen LogP contribution < -0.4 is 10.2 Å². The third-order valence-electron chi connectivity index (χ3n) is 6.18. The van der Waals surface area contributed by atoms with Crippen molar-refractivity contribution in [3.63, 3.8) is 0 Å². The molecule has 1 amide bonds. The van der Waals surface area contributed by atoms with E-state index >= 15 is 0 Å². The number of carbonyl (C=O) groups is 1. The summed E-state index contributed by atoms with van der Waals surface area (Å²) in [6.45, 7) is 12.5. The highest BCUT2D eigenvalue weighted by atomic mass is 35.5. The van der Waals surface area contributed by atoms with Gasteiger partial charge in [0.2, 0.25) is 0 Å². The zero-order valence-corrected chi connectivity index (χ0v) is 23.8. The monoisotopic (exact) mass is 544 g/mol. The van der Waals surface area contributed by atoms with E-state index < -0.39 is 8.32 Å². The normalized spacial score (nSPS) is 14.8. The minimum Gasteiger partial charge on any atom is -0.432 e. The number of hydrogen-bond donors (Lipinski definition) is 2. The van der Waals surface area contributed by atoms with Gasteiger partial charge in [-0.2, -0.15) is 0 Å². The van der Waals surface area contributed by atoms with Gasteiger partial charge in [-0.25, -0.2) is 15.0 Å². The first-order valence-corrected chi connectivity index (χ1v) is 16.5. The first kappa shape index (κ1) is 26.7. The van der Waals surface area contributed by atoms with Gasteiger partial charge in [-0.1, -0.05) is 23.7 Å². The van der Waals surface area contributed by atoms with Crippen LogP contribution in [0.2, 0.25) is 24.2 Å². The van der Waals surface area contributed by atoms with Crippen molar-refractivity contribution >= 4 is 48.7 Å². The fourth-order valence-corrected chi connectivity index (χ4v) is 6.08. The highest BCUT2D eigenvalue weighted by Gasteiger charge is 2.23. The molecule has 2 aromatic heterocycles. The number of nitrogens with zero attached hydrogens (tertiary/aromatic N) is 5. The average Bonchev–Trinajstić information content (AvgIpc) is 3.28. The van der Waals surface area contributed by atoms with Crippen LogP contribution in [0.5, 0.6) is 0 Å². The molecule has 2 N–H and O–H groups in total. The predicted octanol–water partition coefficient (Wildman–Crippen LogP) is 4.37. The van der Waals surface area contributed by atoms with Gasteiger partial charge in [0.05, 0.1) is 27.6 Å². The number of para-hydroxylation sites is 1. The van der Waals surface area contributed by atoms with Crippen LogP contribution >= 0.6 is 22.9 Å². The molecule has 4 rings (SSSR count). The number of carbonyl (C=O) groups excluding carboxylic acids is 1. The molecule has 11 heteroatoms. The maximum Gasteiger partial charge on any atom is 0.267 e. The summed E-state index contributed by atoms with van der Waals surface area (Å²) in [5.74, 6) is 1.43. The summed E-state index contributed by atoms with van der Waals surface area (Å²) in [4.78, 5) is 41.9. The lowest BCUT2D eigenvalue weighted by molar-refractivity contribution is 0.103. The number of halogens is 1. The van der Waals surface area contributed by atoms with E-state index in [0.717, 1.165) is 66.7 Å². The van der Waals surface area contributed by atoms with Crippen molar-refractivity contribution in [1.82, 2.24) is 19.9 Å². The highest BCUT2D eigenvalue weighted by Crippen LogP contribution is 2.27. The van der Waals surface area contributed by atoms with Crippen LogP contribution in [0, 0.1) is 13.8 Å². The van der Waals surface area contributed by atoms with Crippen LogP contribution in [0.3, 0.4) is 0 Å². The Hall–Kier alpha value is -2.37. The summed E-state index contributed by atoms with van der Waals surface area (Å²) in [6, 6.07) is 8.45. The third-order valence-corrected chi connectivity index (χ3v) is 8.94. The molecule has 0 bridgehead atoms. The quantitative estimate of drug-likeness (QED) is 0.407. The standard InChI is InChI=1S/C25H33ClN6O2SSi/c1-17-6-5-7-20(26)24(17)30-25(33)21-16-27-23(35-21)15-19-14-22(29-18(2)28-19)32-10-8-31(9-11-32)12-13-36(3,4)34/h5-7,14,16,34H,8-13,15H2,1-4H3,(H,30,33). The molecule has 0 radical (unpaired) electrons. The van der Waals surface area contributed by atoms with Gasteiger partial charge in [0, 0.05) is 38.7 Å². The molecule has 1 aromatic carbocycles. The Bertz CT molecular complexity index is 1200. The molecule has 1 saturated heterocycles. The van der Waals surface area contributed by atoms with E-state index in [9.17, 15) is 9.59 Å². The number of nitrogens with one attached hydrogen (secondary N) is 1. The number of hydrogen-bond acceptors (Lipinski definition) is 8. The number of piperazine rings is 1. The van der Waals surface area contributed by atoms with Gasteiger partial charge < -0.3 is 19.9 Å². The molecule has 0 aliphatic carbocycles. The lowest BCUT2D eigenvalue weighted by atomic mass is 10.2. The molecule has 3 heterocycles. The Morgan fingerprint density at radius 1 is 1.19 bits per heavy atom. The molecule has 0 spiro atoms. The first-order chi connectivity index (χ1) is 17.1. The van der Waals surface area contributed by atoms with E-state index in [4.69, 9.17) is 11.6 Å². The Morgan fingerprint density at radius 3 is 2.64 bits per heavy atom. The molecule has 3 aromatic rings. The molecule has 8 nitrogen and oxygen atoms in total. The summed E-state index contributed by atoms with van der Waals surface area (Å²) in [5, 5.41) is 4.24. The maximum atomic E-state index is 12.8. The van der Waals surface area contributed by atoms with Crippen molar-refractivity contribution in [2.45, 2.75) is 39.4 Å². The van der Waals surface area contributed by atoms with Gasteiger partial charge in [0.1, 0.15) is 16.5 Å². The lowest BCUT2D eigenvalue weighted by Gasteiger charge is -2.36. The van der Waals surface area contributed by atoms with Gasteiger partial charge in [0.15, 0.2) is 8.32 Å². The molecule has 1 fully saturated rings. The zero-order valence-electron chi connectivity index (χ0n) is 21.2. The largest absolute Gasteiger partial charge is 0.432 e. The van der Waals surface area contributed by atoms with Crippen molar-refractivity contribution in [1.29, 1.82) is 0 Å². The molecular formula is C25H33ClN6O2SSi. The van der Waals surface area contributed by atoms with Crippen LogP contribution in [0.4, 0.5) is 11.5 Å². The van der Waals surface area contributed by atoms with Gasteiger partial charge in [-0.15, -0.1) is 11.3 Å². The van der Waals surface area contributed by atoms with Crippen LogP contribution in [-0.2, 0) is 6.42 Å². The molecule has 0 saturated carbocycles. The molecule has 0 unspecified atom stereocenters. The topological polar surface area (TPSA) is 94.5 Å². The number of rotatable bonds is 8. The number of anilines is 2. The Labute approximate surface area is 222 Å². The first-order valence-electron chi connectivity index (χ1n) is 12.1. The van der Waals surface area contributed by atoms with E-state index in [1.54, 1.807) is 12.3 Å². The van der Waals surface area contributed by atoms with E-state index in [1.807, 2.05) is 45.1 Å². The van der Waals surface area contributed by atoms with Crippen molar-refractivity contribution in [2.75, 3.05) is 42.9 Å².